The smallest absolute Gasteiger partial charge is 0.344 e. The van der Waals surface area contributed by atoms with Crippen molar-refractivity contribution in [1.82, 2.24) is 0 Å². The Labute approximate surface area is 290 Å². The largest absolute Gasteiger partial charge is 0.504 e. The zero-order chi connectivity index (χ0) is 38.2. The van der Waals surface area contributed by atoms with E-state index in [0.717, 1.165) is 24.3 Å². The van der Waals surface area contributed by atoms with Crippen LogP contribution in [0.25, 0.3) is 32.7 Å². The maximum absolute atomic E-state index is 13.2. The molecule has 7 rings (SSSR count). The van der Waals surface area contributed by atoms with Crippen LogP contribution in [-0.4, -0.2) is 94.2 Å². The molecule has 20 heteroatoms. The third kappa shape index (κ3) is 5.50. The molecular weight excluding hydrogens is 716 g/mol. The van der Waals surface area contributed by atoms with Crippen LogP contribution in [0.15, 0.2) is 54.8 Å². The van der Waals surface area contributed by atoms with E-state index in [0.29, 0.717) is 12.1 Å². The summed E-state index contributed by atoms with van der Waals surface area (Å²) in [5, 5.41) is 100. The average molecular weight is 739 g/mol. The van der Waals surface area contributed by atoms with E-state index in [1.54, 1.807) is 0 Å². The second-order valence-corrected chi connectivity index (χ2v) is 11.6. The lowest BCUT2D eigenvalue weighted by Gasteiger charge is -2.38. The number of aliphatic hydroxyl groups excluding tert-OH is 1. The molecule has 0 aliphatic carbocycles. The van der Waals surface area contributed by atoms with Crippen molar-refractivity contribution >= 4 is 44.6 Å². The molecular formula is C33H22O20. The summed E-state index contributed by atoms with van der Waals surface area (Å²) in [5.41, 5.74) is -4.64. The molecule has 10 N–H and O–H groups in total. The van der Waals surface area contributed by atoms with Crippen LogP contribution in [0.4, 0.5) is 0 Å². The van der Waals surface area contributed by atoms with Gasteiger partial charge in [0.25, 0.3) is 0 Å². The molecule has 20 nitrogen and oxygen atoms in total. The molecule has 1 saturated heterocycles. The summed E-state index contributed by atoms with van der Waals surface area (Å²) < 4.78 is 32.2. The second kappa shape index (κ2) is 12.2. The highest BCUT2D eigenvalue weighted by Gasteiger charge is 2.46. The molecule has 4 unspecified atom stereocenters. The Hall–Kier alpha value is -7.32. The monoisotopic (exact) mass is 738 g/mol. The van der Waals surface area contributed by atoms with Gasteiger partial charge in [-0.25, -0.2) is 19.2 Å². The number of carbonyl (C=O) groups excluding carboxylic acids is 2. The van der Waals surface area contributed by atoms with Crippen molar-refractivity contribution in [3.63, 3.8) is 0 Å². The predicted molar refractivity (Wildman–Crippen MR) is 170 cm³/mol. The van der Waals surface area contributed by atoms with Crippen LogP contribution in [0.5, 0.6) is 57.5 Å². The van der Waals surface area contributed by atoms with Crippen molar-refractivity contribution in [2.75, 3.05) is 6.61 Å². The first-order valence-electron chi connectivity index (χ1n) is 14.9. The molecule has 0 bridgehead atoms. The van der Waals surface area contributed by atoms with E-state index in [1.165, 1.54) is 0 Å². The third-order valence-electron chi connectivity index (χ3n) is 8.30. The second-order valence-electron chi connectivity index (χ2n) is 11.6. The van der Waals surface area contributed by atoms with E-state index in [4.69, 9.17) is 27.8 Å². The zero-order valence-electron chi connectivity index (χ0n) is 26.0. The van der Waals surface area contributed by atoms with Gasteiger partial charge in [0.05, 0.1) is 28.5 Å². The van der Waals surface area contributed by atoms with Crippen LogP contribution >= 0.6 is 0 Å². The Balaban J connectivity index is 1.25. The van der Waals surface area contributed by atoms with E-state index in [2.05, 4.69) is 0 Å². The minimum absolute atomic E-state index is 0.199. The Morgan fingerprint density at radius 1 is 0.604 bits per heavy atom. The van der Waals surface area contributed by atoms with E-state index in [1.807, 2.05) is 0 Å². The van der Waals surface area contributed by atoms with Gasteiger partial charge in [-0.1, -0.05) is 0 Å². The summed E-state index contributed by atoms with van der Waals surface area (Å²) in [5.74, 6) is -11.6. The highest BCUT2D eigenvalue weighted by Crippen LogP contribution is 2.46. The lowest BCUT2D eigenvalue weighted by molar-refractivity contribution is -0.241. The molecule has 1 aliphatic rings. The summed E-state index contributed by atoms with van der Waals surface area (Å²) in [4.78, 5) is 52.0. The van der Waals surface area contributed by atoms with Crippen LogP contribution in [0.2, 0.25) is 0 Å². The lowest BCUT2D eigenvalue weighted by Crippen LogP contribution is -2.57. The van der Waals surface area contributed by atoms with Gasteiger partial charge in [0, 0.05) is 10.8 Å². The standard InChI is InChI=1S/C33H22O20/c34-12-1-8(2-13(35)21(12)39)29(44)49-18-7-48-33(25(43)26(18)51-30(45)9-3-14(36)22(40)15(37)4-9)50-17-6-11-20-19-10(31(46)53-28(20)24(17)42)5-16(38)23(41)27(19)52-32(11)47/h1-6,18,25-26,33-43H,7H2. The number of aromatic hydroxyl groups is 9. The van der Waals surface area contributed by atoms with Gasteiger partial charge in [-0.2, -0.15) is 0 Å². The van der Waals surface area contributed by atoms with Gasteiger partial charge in [0.1, 0.15) is 0 Å². The highest BCUT2D eigenvalue weighted by molar-refractivity contribution is 6.22. The van der Waals surface area contributed by atoms with E-state index < -0.39 is 134 Å². The molecule has 0 spiro atoms. The number of phenolic OH excluding ortho intramolecular Hbond substituents is 9. The Morgan fingerprint density at radius 3 is 1.58 bits per heavy atom. The summed E-state index contributed by atoms with van der Waals surface area (Å²) in [6.45, 7) is -0.761. The topological polar surface area (TPSA) is 334 Å². The number of benzene rings is 4. The van der Waals surface area contributed by atoms with Gasteiger partial charge < -0.3 is 78.8 Å². The quantitative estimate of drug-likeness (QED) is 0.0499. The van der Waals surface area contributed by atoms with Crippen LogP contribution in [0.1, 0.15) is 20.7 Å². The van der Waals surface area contributed by atoms with Gasteiger partial charge in [-0.15, -0.1) is 0 Å². The molecule has 53 heavy (non-hydrogen) atoms. The molecule has 1 fully saturated rings. The molecule has 2 aromatic heterocycles. The normalized spacial score (nSPS) is 18.7. The SMILES string of the molecule is O=C(OC1COC(Oc2cc3c(=O)oc4c(O)c(O)cc5c(=O)oc(c2O)c3c45)C(O)C1OC(=O)c1cc(O)c(O)c(O)c1)c1cc(O)c(O)c(O)c1. The number of phenols is 9. The van der Waals surface area contributed by atoms with E-state index in [9.17, 15) is 70.2 Å². The minimum Gasteiger partial charge on any atom is -0.504 e. The Bertz CT molecular complexity index is 2580. The Kier molecular flexibility index (Phi) is 7.84. The molecule has 0 radical (unpaired) electrons. The van der Waals surface area contributed by atoms with Crippen LogP contribution in [-0.2, 0) is 14.2 Å². The number of rotatable bonds is 6. The van der Waals surface area contributed by atoms with Crippen molar-refractivity contribution < 1.29 is 88.4 Å². The van der Waals surface area contributed by atoms with Crippen molar-refractivity contribution in [2.24, 2.45) is 0 Å². The maximum Gasteiger partial charge on any atom is 0.344 e. The van der Waals surface area contributed by atoms with Gasteiger partial charge in [-0.3, -0.25) is 0 Å². The van der Waals surface area contributed by atoms with Crippen molar-refractivity contribution in [3.05, 3.63) is 68.4 Å². The number of ether oxygens (including phenoxy) is 4. The van der Waals surface area contributed by atoms with Crippen molar-refractivity contribution in [3.8, 4) is 57.5 Å². The van der Waals surface area contributed by atoms with Crippen molar-refractivity contribution in [2.45, 2.75) is 24.6 Å². The molecule has 1 aliphatic heterocycles. The van der Waals surface area contributed by atoms with Gasteiger partial charge in [-0.05, 0) is 36.4 Å². The summed E-state index contributed by atoms with van der Waals surface area (Å²) in [6, 6.07) is 4.60. The Morgan fingerprint density at radius 2 is 1.06 bits per heavy atom. The first-order valence-corrected chi connectivity index (χ1v) is 14.9. The molecule has 4 aromatic carbocycles. The molecule has 0 saturated carbocycles. The molecule has 4 atom stereocenters. The van der Waals surface area contributed by atoms with Gasteiger partial charge >= 0.3 is 23.2 Å². The minimum atomic E-state index is -2.17. The van der Waals surface area contributed by atoms with E-state index in [-0.39, 0.29) is 21.5 Å². The van der Waals surface area contributed by atoms with Crippen LogP contribution < -0.4 is 16.0 Å². The fourth-order valence-corrected chi connectivity index (χ4v) is 5.74. The fraction of sp³-hybridized carbons (Fsp3) is 0.152. The highest BCUT2D eigenvalue weighted by atomic mass is 16.7. The van der Waals surface area contributed by atoms with Crippen LogP contribution in [0, 0.1) is 0 Å². The van der Waals surface area contributed by atoms with Gasteiger partial charge in [0.15, 0.2) is 75.5 Å². The fourth-order valence-electron chi connectivity index (χ4n) is 5.74. The molecule has 6 aromatic rings. The summed E-state index contributed by atoms with van der Waals surface area (Å²) >= 11 is 0. The summed E-state index contributed by atoms with van der Waals surface area (Å²) in [6.07, 6.45) is -7.81. The number of hydrogen-bond acceptors (Lipinski definition) is 20. The average Bonchev–Trinajstić information content (AvgIpc) is 3.11. The predicted octanol–water partition coefficient (Wildman–Crippen LogP) is 1.39. The lowest BCUT2D eigenvalue weighted by atomic mass is 10.0. The number of esters is 2. The summed E-state index contributed by atoms with van der Waals surface area (Å²) in [7, 11) is 0. The van der Waals surface area contributed by atoms with Crippen molar-refractivity contribution in [1.29, 1.82) is 0 Å². The first-order chi connectivity index (χ1) is 25.0. The van der Waals surface area contributed by atoms with Gasteiger partial charge in [0.2, 0.25) is 17.8 Å². The van der Waals surface area contributed by atoms with E-state index >= 15 is 0 Å². The maximum atomic E-state index is 13.2. The first kappa shape index (κ1) is 34.1. The number of carbonyl (C=O) groups is 2. The number of aliphatic hydroxyl groups is 1. The third-order valence-corrected chi connectivity index (χ3v) is 8.30. The molecule has 3 heterocycles. The zero-order valence-corrected chi connectivity index (χ0v) is 26.0. The molecule has 0 amide bonds. The van der Waals surface area contributed by atoms with Crippen LogP contribution in [0.3, 0.4) is 0 Å². The number of hydrogen-bond donors (Lipinski definition) is 10. The molecule has 274 valence electrons.